The number of aryl methyl sites for hydroxylation is 1. The van der Waals surface area contributed by atoms with Gasteiger partial charge >= 0.3 is 0 Å². The van der Waals surface area contributed by atoms with E-state index in [4.69, 9.17) is 11.6 Å². The number of hydrogen-bond donors (Lipinski definition) is 1. The van der Waals surface area contributed by atoms with Gasteiger partial charge < -0.3 is 5.32 Å². The third-order valence-electron chi connectivity index (χ3n) is 5.41. The Morgan fingerprint density at radius 1 is 1.15 bits per heavy atom. The number of anilines is 1. The number of carbonyl (C=O) groups excluding carboxylic acids is 1. The second kappa shape index (κ2) is 9.07. The number of carbonyl (C=O) groups is 1. The van der Waals surface area contributed by atoms with Crippen molar-refractivity contribution in [3.05, 3.63) is 95.3 Å². The number of rotatable bonds is 6. The van der Waals surface area contributed by atoms with E-state index in [1.807, 2.05) is 37.3 Å². The molecule has 0 aliphatic carbocycles. The van der Waals surface area contributed by atoms with Gasteiger partial charge in [-0.1, -0.05) is 35.9 Å². The average molecular weight is 475 g/mol. The first-order valence-corrected chi connectivity index (χ1v) is 11.0. The highest BCUT2D eigenvalue weighted by atomic mass is 35.5. The van der Waals surface area contributed by atoms with Gasteiger partial charge in [0, 0.05) is 23.5 Å². The smallest absolute Gasteiger partial charge is 0.246 e. The summed E-state index contributed by atoms with van der Waals surface area (Å²) in [5, 5.41) is 13.1. The number of amides is 1. The summed E-state index contributed by atoms with van der Waals surface area (Å²) in [4.78, 5) is 17.3. The SMILES string of the molecule is Cc1nn(CC(=O)Nc2cccc(Cn3cc(Cl)cn3)c2)c2nccc(-c3ccc(F)cc3)c12. The molecule has 3 heterocycles. The molecular weight excluding hydrogens is 455 g/mol. The van der Waals surface area contributed by atoms with Gasteiger partial charge in [0.25, 0.3) is 0 Å². The van der Waals surface area contributed by atoms with Crippen molar-refractivity contribution in [3.8, 4) is 11.1 Å². The minimum absolute atomic E-state index is 0.00318. The lowest BCUT2D eigenvalue weighted by atomic mass is 10.0. The van der Waals surface area contributed by atoms with Gasteiger partial charge in [-0.2, -0.15) is 10.2 Å². The molecule has 0 fully saturated rings. The third-order valence-corrected chi connectivity index (χ3v) is 5.61. The molecule has 0 saturated carbocycles. The van der Waals surface area contributed by atoms with Crippen LogP contribution in [0.15, 0.2) is 73.2 Å². The van der Waals surface area contributed by atoms with E-state index in [2.05, 4.69) is 20.5 Å². The van der Waals surface area contributed by atoms with E-state index >= 15 is 0 Å². The fourth-order valence-corrected chi connectivity index (χ4v) is 4.11. The molecule has 0 radical (unpaired) electrons. The molecule has 0 bridgehead atoms. The Labute approximate surface area is 199 Å². The first-order valence-electron chi connectivity index (χ1n) is 10.6. The highest BCUT2D eigenvalue weighted by Gasteiger charge is 2.16. The summed E-state index contributed by atoms with van der Waals surface area (Å²) in [5.41, 5.74) is 4.74. The molecule has 5 rings (SSSR count). The summed E-state index contributed by atoms with van der Waals surface area (Å²) in [6.45, 7) is 2.41. The van der Waals surface area contributed by atoms with Gasteiger partial charge in [-0.15, -0.1) is 0 Å². The van der Waals surface area contributed by atoms with Gasteiger partial charge in [-0.25, -0.2) is 14.1 Å². The number of fused-ring (bicyclic) bond motifs is 1. The molecule has 9 heteroatoms. The van der Waals surface area contributed by atoms with E-state index in [-0.39, 0.29) is 18.3 Å². The highest BCUT2D eigenvalue weighted by molar-refractivity contribution is 6.30. The quantitative estimate of drug-likeness (QED) is 0.372. The van der Waals surface area contributed by atoms with E-state index in [9.17, 15) is 9.18 Å². The number of nitrogens with one attached hydrogen (secondary N) is 1. The Balaban J connectivity index is 1.36. The number of benzene rings is 2. The molecule has 34 heavy (non-hydrogen) atoms. The van der Waals surface area contributed by atoms with Gasteiger partial charge in [0.15, 0.2) is 5.65 Å². The molecule has 0 aliphatic rings. The molecule has 1 amide bonds. The summed E-state index contributed by atoms with van der Waals surface area (Å²) in [6.07, 6.45) is 4.99. The lowest BCUT2D eigenvalue weighted by Gasteiger charge is -2.09. The molecule has 0 aliphatic heterocycles. The Morgan fingerprint density at radius 2 is 1.97 bits per heavy atom. The summed E-state index contributed by atoms with van der Waals surface area (Å²) < 4.78 is 16.7. The van der Waals surface area contributed by atoms with Crippen molar-refractivity contribution in [2.75, 3.05) is 5.32 Å². The molecule has 0 atom stereocenters. The number of aromatic nitrogens is 5. The molecule has 2 aromatic carbocycles. The van der Waals surface area contributed by atoms with Crippen molar-refractivity contribution in [1.82, 2.24) is 24.5 Å². The van der Waals surface area contributed by atoms with Crippen LogP contribution in [0.3, 0.4) is 0 Å². The molecular formula is C25H20ClFN6O. The second-order valence-corrected chi connectivity index (χ2v) is 8.35. The topological polar surface area (TPSA) is 77.6 Å². The van der Waals surface area contributed by atoms with Crippen molar-refractivity contribution in [2.24, 2.45) is 0 Å². The molecule has 1 N–H and O–H groups in total. The minimum atomic E-state index is -0.296. The summed E-state index contributed by atoms with van der Waals surface area (Å²) in [6, 6.07) is 15.7. The average Bonchev–Trinajstić information content (AvgIpc) is 3.37. The zero-order chi connectivity index (χ0) is 23.7. The molecule has 3 aromatic heterocycles. The third kappa shape index (κ3) is 4.53. The zero-order valence-electron chi connectivity index (χ0n) is 18.2. The van der Waals surface area contributed by atoms with Crippen LogP contribution < -0.4 is 5.32 Å². The highest BCUT2D eigenvalue weighted by Crippen LogP contribution is 2.30. The van der Waals surface area contributed by atoms with Crippen LogP contribution in [-0.2, 0) is 17.9 Å². The van der Waals surface area contributed by atoms with Crippen LogP contribution in [0.2, 0.25) is 5.02 Å². The maximum absolute atomic E-state index is 13.4. The Hall–Kier alpha value is -4.04. The summed E-state index contributed by atoms with van der Waals surface area (Å²) >= 11 is 5.93. The van der Waals surface area contributed by atoms with Crippen LogP contribution >= 0.6 is 11.6 Å². The van der Waals surface area contributed by atoms with Crippen LogP contribution in [0.5, 0.6) is 0 Å². The lowest BCUT2D eigenvalue weighted by molar-refractivity contribution is -0.116. The van der Waals surface area contributed by atoms with Crippen molar-refractivity contribution in [2.45, 2.75) is 20.0 Å². The Kier molecular flexibility index (Phi) is 5.81. The first kappa shape index (κ1) is 21.8. The predicted molar refractivity (Wildman–Crippen MR) is 129 cm³/mol. The van der Waals surface area contributed by atoms with Crippen LogP contribution in [-0.4, -0.2) is 30.5 Å². The van der Waals surface area contributed by atoms with Gasteiger partial charge in [-0.3, -0.25) is 9.48 Å². The molecule has 0 saturated heterocycles. The molecule has 5 aromatic rings. The maximum Gasteiger partial charge on any atom is 0.246 e. The van der Waals surface area contributed by atoms with Gasteiger partial charge in [0.1, 0.15) is 12.4 Å². The van der Waals surface area contributed by atoms with E-state index in [1.165, 1.54) is 12.1 Å². The normalized spacial score (nSPS) is 11.1. The number of halogens is 2. The molecule has 170 valence electrons. The van der Waals surface area contributed by atoms with Gasteiger partial charge in [-0.05, 0) is 53.9 Å². The van der Waals surface area contributed by atoms with E-state index in [0.29, 0.717) is 22.9 Å². The number of nitrogens with zero attached hydrogens (tertiary/aromatic N) is 5. The number of pyridine rings is 1. The van der Waals surface area contributed by atoms with E-state index in [0.717, 1.165) is 27.8 Å². The Morgan fingerprint density at radius 3 is 2.74 bits per heavy atom. The van der Waals surface area contributed by atoms with Crippen LogP contribution in [0, 0.1) is 12.7 Å². The fourth-order valence-electron chi connectivity index (χ4n) is 3.96. The van der Waals surface area contributed by atoms with Gasteiger partial charge in [0.2, 0.25) is 5.91 Å². The standard InChI is InChI=1S/C25H20ClFN6O/c1-16-24-22(18-5-7-20(27)8-6-18)9-10-28-25(24)33(31-16)15-23(34)30-21-4-2-3-17(11-21)13-32-14-19(26)12-29-32/h2-12,14H,13,15H2,1H3,(H,30,34). The maximum atomic E-state index is 13.4. The second-order valence-electron chi connectivity index (χ2n) is 7.91. The Bertz CT molecular complexity index is 1490. The molecule has 0 spiro atoms. The fraction of sp³-hybridized carbons (Fsp3) is 0.120. The number of hydrogen-bond acceptors (Lipinski definition) is 4. The van der Waals surface area contributed by atoms with E-state index < -0.39 is 0 Å². The zero-order valence-corrected chi connectivity index (χ0v) is 19.0. The predicted octanol–water partition coefficient (Wildman–Crippen LogP) is 5.08. The van der Waals surface area contributed by atoms with Crippen molar-refractivity contribution in [1.29, 1.82) is 0 Å². The van der Waals surface area contributed by atoms with Crippen molar-refractivity contribution < 1.29 is 9.18 Å². The molecule has 7 nitrogen and oxygen atoms in total. The first-order chi connectivity index (χ1) is 16.5. The monoisotopic (exact) mass is 474 g/mol. The summed E-state index contributed by atoms with van der Waals surface area (Å²) in [5.74, 6) is -0.520. The van der Waals surface area contributed by atoms with Crippen molar-refractivity contribution >= 4 is 34.2 Å². The van der Waals surface area contributed by atoms with Crippen LogP contribution in [0.25, 0.3) is 22.2 Å². The van der Waals surface area contributed by atoms with E-state index in [1.54, 1.807) is 40.1 Å². The van der Waals surface area contributed by atoms with Crippen LogP contribution in [0.4, 0.5) is 10.1 Å². The summed E-state index contributed by atoms with van der Waals surface area (Å²) in [7, 11) is 0. The van der Waals surface area contributed by atoms with Gasteiger partial charge in [0.05, 0.1) is 23.5 Å². The largest absolute Gasteiger partial charge is 0.324 e. The molecule has 0 unspecified atom stereocenters. The van der Waals surface area contributed by atoms with Crippen molar-refractivity contribution in [3.63, 3.8) is 0 Å². The minimum Gasteiger partial charge on any atom is -0.324 e. The van der Waals surface area contributed by atoms with Crippen LogP contribution in [0.1, 0.15) is 11.3 Å². The lowest BCUT2D eigenvalue weighted by Crippen LogP contribution is -2.20.